The van der Waals surface area contributed by atoms with Crippen LogP contribution in [0.5, 0.6) is 0 Å². The van der Waals surface area contributed by atoms with Crippen molar-refractivity contribution in [3.8, 4) is 0 Å². The quantitative estimate of drug-likeness (QED) is 0.549. The topological polar surface area (TPSA) is 70.0 Å². The number of ether oxygens (including phenoxy) is 1. The molecular formula is C13H23NO4. The van der Waals surface area contributed by atoms with Crippen LogP contribution in [0.3, 0.4) is 0 Å². The summed E-state index contributed by atoms with van der Waals surface area (Å²) in [7, 11) is 1.37. The molecular weight excluding hydrogens is 234 g/mol. The Balaban J connectivity index is 2.10. The Hall–Kier alpha value is -0.650. The van der Waals surface area contributed by atoms with Crippen LogP contribution < -0.4 is 0 Å². The molecule has 1 heterocycles. The van der Waals surface area contributed by atoms with Gasteiger partial charge in [-0.2, -0.15) is 0 Å². The summed E-state index contributed by atoms with van der Waals surface area (Å²) in [5.74, 6) is -0.303. The number of carbonyl (C=O) groups is 1. The van der Waals surface area contributed by atoms with E-state index >= 15 is 0 Å². The number of aliphatic hydroxyl groups is 2. The van der Waals surface area contributed by atoms with Crippen molar-refractivity contribution in [2.75, 3.05) is 13.7 Å². The van der Waals surface area contributed by atoms with E-state index in [9.17, 15) is 15.0 Å². The number of esters is 1. The summed E-state index contributed by atoms with van der Waals surface area (Å²) >= 11 is 0. The molecule has 104 valence electrons. The number of hydrogen-bond donors (Lipinski definition) is 2. The van der Waals surface area contributed by atoms with Gasteiger partial charge in [0.15, 0.2) is 0 Å². The van der Waals surface area contributed by atoms with Gasteiger partial charge in [-0.05, 0) is 12.8 Å². The summed E-state index contributed by atoms with van der Waals surface area (Å²) in [5, 5.41) is 20.0. The molecule has 1 saturated carbocycles. The van der Waals surface area contributed by atoms with Crippen molar-refractivity contribution in [3.63, 3.8) is 0 Å². The molecule has 1 saturated heterocycles. The molecule has 2 fully saturated rings. The molecule has 2 N–H and O–H groups in total. The SMILES string of the molecule is COC(=O)C1CC(O)CN1C1CCCCCC1O. The highest BCUT2D eigenvalue weighted by molar-refractivity contribution is 5.76. The molecule has 0 aromatic heterocycles. The summed E-state index contributed by atoms with van der Waals surface area (Å²) in [6.07, 6.45) is 4.43. The fourth-order valence-corrected chi connectivity index (χ4v) is 3.23. The third-order valence-electron chi connectivity index (χ3n) is 4.16. The fourth-order valence-electron chi connectivity index (χ4n) is 3.23. The molecule has 0 spiro atoms. The van der Waals surface area contributed by atoms with Crippen molar-refractivity contribution < 1.29 is 19.7 Å². The second-order valence-electron chi connectivity index (χ2n) is 5.40. The highest BCUT2D eigenvalue weighted by Crippen LogP contribution is 2.29. The zero-order valence-corrected chi connectivity index (χ0v) is 10.9. The Labute approximate surface area is 108 Å². The number of carbonyl (C=O) groups excluding carboxylic acids is 1. The van der Waals surface area contributed by atoms with E-state index in [-0.39, 0.29) is 12.0 Å². The van der Waals surface area contributed by atoms with Crippen LogP contribution in [-0.4, -0.2) is 59.0 Å². The van der Waals surface area contributed by atoms with E-state index in [1.165, 1.54) is 7.11 Å². The number of methoxy groups -OCH3 is 1. The van der Waals surface area contributed by atoms with Crippen molar-refractivity contribution in [2.45, 2.75) is 62.8 Å². The molecule has 1 aliphatic heterocycles. The lowest BCUT2D eigenvalue weighted by atomic mass is 10.0. The average Bonchev–Trinajstić information content (AvgIpc) is 2.61. The van der Waals surface area contributed by atoms with Gasteiger partial charge in [0.2, 0.25) is 0 Å². The Bertz CT molecular complexity index is 297. The molecule has 0 amide bonds. The van der Waals surface area contributed by atoms with E-state index in [1.54, 1.807) is 0 Å². The first kappa shape index (κ1) is 13.8. The van der Waals surface area contributed by atoms with Gasteiger partial charge in [-0.3, -0.25) is 9.69 Å². The maximum atomic E-state index is 11.7. The second kappa shape index (κ2) is 5.99. The molecule has 2 rings (SSSR count). The summed E-state index contributed by atoms with van der Waals surface area (Å²) in [6, 6.07) is -0.420. The summed E-state index contributed by atoms with van der Waals surface area (Å²) < 4.78 is 4.80. The highest BCUT2D eigenvalue weighted by atomic mass is 16.5. The van der Waals surface area contributed by atoms with E-state index in [1.807, 2.05) is 4.90 Å². The van der Waals surface area contributed by atoms with Crippen LogP contribution in [0.2, 0.25) is 0 Å². The molecule has 2 aliphatic rings. The molecule has 1 aliphatic carbocycles. The van der Waals surface area contributed by atoms with Crippen LogP contribution in [0, 0.1) is 0 Å². The van der Waals surface area contributed by atoms with Crippen molar-refractivity contribution >= 4 is 5.97 Å². The Morgan fingerprint density at radius 3 is 2.67 bits per heavy atom. The monoisotopic (exact) mass is 257 g/mol. The van der Waals surface area contributed by atoms with Crippen LogP contribution in [0.1, 0.15) is 38.5 Å². The van der Waals surface area contributed by atoms with E-state index in [2.05, 4.69) is 0 Å². The van der Waals surface area contributed by atoms with E-state index in [0.29, 0.717) is 13.0 Å². The average molecular weight is 257 g/mol. The molecule has 18 heavy (non-hydrogen) atoms. The second-order valence-corrected chi connectivity index (χ2v) is 5.40. The van der Waals surface area contributed by atoms with Crippen LogP contribution in [-0.2, 0) is 9.53 Å². The molecule has 0 aromatic carbocycles. The first-order chi connectivity index (χ1) is 8.63. The van der Waals surface area contributed by atoms with Gasteiger partial charge in [0.05, 0.1) is 19.3 Å². The van der Waals surface area contributed by atoms with Gasteiger partial charge < -0.3 is 14.9 Å². The maximum Gasteiger partial charge on any atom is 0.323 e. The normalized spacial score (nSPS) is 38.4. The van der Waals surface area contributed by atoms with Gasteiger partial charge >= 0.3 is 5.97 Å². The predicted molar refractivity (Wildman–Crippen MR) is 66.0 cm³/mol. The molecule has 4 unspecified atom stereocenters. The standard InChI is InChI=1S/C13H23NO4/c1-18-13(17)11-7-9(15)8-14(11)10-5-3-2-4-6-12(10)16/h9-12,15-16H,2-8H2,1H3. The van der Waals surface area contributed by atoms with Crippen molar-refractivity contribution in [1.82, 2.24) is 4.90 Å². The minimum absolute atomic E-state index is 0.0197. The number of aliphatic hydroxyl groups excluding tert-OH is 2. The van der Waals surface area contributed by atoms with Crippen LogP contribution in [0.4, 0.5) is 0 Å². The maximum absolute atomic E-state index is 11.7. The van der Waals surface area contributed by atoms with Gasteiger partial charge in [0, 0.05) is 19.0 Å². The minimum atomic E-state index is -0.496. The Morgan fingerprint density at radius 2 is 1.94 bits per heavy atom. The summed E-state index contributed by atoms with van der Waals surface area (Å²) in [5.41, 5.74) is 0. The number of nitrogens with zero attached hydrogens (tertiary/aromatic N) is 1. The molecule has 5 nitrogen and oxygen atoms in total. The largest absolute Gasteiger partial charge is 0.468 e. The summed E-state index contributed by atoms with van der Waals surface area (Å²) in [6.45, 7) is 0.460. The molecule has 0 bridgehead atoms. The van der Waals surface area contributed by atoms with Crippen molar-refractivity contribution in [1.29, 1.82) is 0 Å². The lowest BCUT2D eigenvalue weighted by Crippen LogP contribution is -2.49. The Morgan fingerprint density at radius 1 is 1.22 bits per heavy atom. The van der Waals surface area contributed by atoms with Gasteiger partial charge in [0.1, 0.15) is 6.04 Å². The van der Waals surface area contributed by atoms with Crippen molar-refractivity contribution in [3.05, 3.63) is 0 Å². The highest BCUT2D eigenvalue weighted by Gasteiger charge is 2.42. The van der Waals surface area contributed by atoms with Gasteiger partial charge in [0.25, 0.3) is 0 Å². The van der Waals surface area contributed by atoms with Crippen LogP contribution in [0.25, 0.3) is 0 Å². The third-order valence-corrected chi connectivity index (χ3v) is 4.16. The van der Waals surface area contributed by atoms with E-state index in [0.717, 1.165) is 32.1 Å². The minimum Gasteiger partial charge on any atom is -0.468 e. The lowest BCUT2D eigenvalue weighted by Gasteiger charge is -2.33. The van der Waals surface area contributed by atoms with Crippen LogP contribution in [0.15, 0.2) is 0 Å². The van der Waals surface area contributed by atoms with E-state index in [4.69, 9.17) is 4.74 Å². The zero-order chi connectivity index (χ0) is 13.1. The number of hydrogen-bond acceptors (Lipinski definition) is 5. The first-order valence-electron chi connectivity index (χ1n) is 6.83. The zero-order valence-electron chi connectivity index (χ0n) is 10.9. The van der Waals surface area contributed by atoms with Crippen LogP contribution >= 0.6 is 0 Å². The molecule has 0 radical (unpaired) electrons. The van der Waals surface area contributed by atoms with E-state index < -0.39 is 18.2 Å². The first-order valence-corrected chi connectivity index (χ1v) is 6.83. The molecule has 4 atom stereocenters. The molecule has 5 heteroatoms. The smallest absolute Gasteiger partial charge is 0.323 e. The predicted octanol–water partition coefficient (Wildman–Crippen LogP) is 0.288. The van der Waals surface area contributed by atoms with Gasteiger partial charge in [-0.25, -0.2) is 0 Å². The third kappa shape index (κ3) is 2.84. The molecule has 0 aromatic rings. The lowest BCUT2D eigenvalue weighted by molar-refractivity contribution is -0.147. The van der Waals surface area contributed by atoms with Gasteiger partial charge in [-0.1, -0.05) is 19.3 Å². The number of rotatable bonds is 2. The fraction of sp³-hybridized carbons (Fsp3) is 0.923. The summed E-state index contributed by atoms with van der Waals surface area (Å²) in [4.78, 5) is 13.7. The number of likely N-dealkylation sites (tertiary alicyclic amines) is 1. The van der Waals surface area contributed by atoms with Gasteiger partial charge in [-0.15, -0.1) is 0 Å². The number of β-amino-alcohol motifs (C(OH)–C–C–N with tert-alkyl or cyclic N) is 1. The van der Waals surface area contributed by atoms with Crippen molar-refractivity contribution in [2.24, 2.45) is 0 Å². The Kier molecular flexibility index (Phi) is 4.59.